The molecule has 2 N–H and O–H groups in total. The molecule has 32 heavy (non-hydrogen) atoms. The first-order valence-electron chi connectivity index (χ1n) is 9.86. The van der Waals surface area contributed by atoms with Gasteiger partial charge in [-0.15, -0.1) is 0 Å². The first kappa shape index (κ1) is 22.9. The Kier molecular flexibility index (Phi) is 6.52. The van der Waals surface area contributed by atoms with Crippen LogP contribution >= 0.6 is 11.6 Å². The van der Waals surface area contributed by atoms with Gasteiger partial charge in [0.25, 0.3) is 5.91 Å². The number of aromatic carboxylic acids is 1. The maximum Gasteiger partial charge on any atom is 0.336 e. The van der Waals surface area contributed by atoms with E-state index in [0.717, 1.165) is 17.1 Å². The van der Waals surface area contributed by atoms with Gasteiger partial charge >= 0.3 is 5.97 Å². The molecule has 7 heteroatoms. The number of anilines is 1. The van der Waals surface area contributed by atoms with Crippen molar-refractivity contribution in [1.29, 1.82) is 5.26 Å². The summed E-state index contributed by atoms with van der Waals surface area (Å²) in [6.45, 7) is 7.29. The van der Waals surface area contributed by atoms with E-state index >= 15 is 0 Å². The van der Waals surface area contributed by atoms with Gasteiger partial charge in [-0.25, -0.2) is 4.79 Å². The highest BCUT2D eigenvalue weighted by atomic mass is 35.5. The van der Waals surface area contributed by atoms with E-state index in [-0.39, 0.29) is 11.1 Å². The molecule has 2 aromatic carbocycles. The molecule has 0 aliphatic carbocycles. The fraction of sp³-hybridized carbons (Fsp3) is 0.160. The number of benzene rings is 2. The van der Waals surface area contributed by atoms with Crippen molar-refractivity contribution >= 4 is 35.2 Å². The molecular formula is C25H22ClN3O3. The largest absolute Gasteiger partial charge is 0.478 e. The number of nitriles is 1. The summed E-state index contributed by atoms with van der Waals surface area (Å²) >= 11 is 6.11. The number of amides is 1. The smallest absolute Gasteiger partial charge is 0.336 e. The van der Waals surface area contributed by atoms with Gasteiger partial charge in [0.05, 0.1) is 5.56 Å². The number of nitrogens with one attached hydrogen (secondary N) is 1. The average molecular weight is 448 g/mol. The van der Waals surface area contributed by atoms with Crippen molar-refractivity contribution in [2.45, 2.75) is 27.7 Å². The van der Waals surface area contributed by atoms with E-state index in [0.29, 0.717) is 27.4 Å². The molecule has 0 spiro atoms. The van der Waals surface area contributed by atoms with E-state index in [1.165, 1.54) is 6.08 Å². The Morgan fingerprint density at radius 3 is 2.44 bits per heavy atom. The number of carboxylic acid groups (broad SMARTS) is 1. The molecule has 6 nitrogen and oxygen atoms in total. The third-order valence-electron chi connectivity index (χ3n) is 5.43. The van der Waals surface area contributed by atoms with E-state index in [4.69, 9.17) is 11.6 Å². The van der Waals surface area contributed by atoms with Crippen LogP contribution in [-0.2, 0) is 4.79 Å². The maximum atomic E-state index is 12.7. The number of halogens is 1. The lowest BCUT2D eigenvalue weighted by molar-refractivity contribution is -0.112. The predicted octanol–water partition coefficient (Wildman–Crippen LogP) is 5.61. The molecule has 0 unspecified atom stereocenters. The van der Waals surface area contributed by atoms with Crippen LogP contribution in [0.5, 0.6) is 0 Å². The zero-order valence-electron chi connectivity index (χ0n) is 18.2. The number of aryl methyl sites for hydroxylation is 1. The van der Waals surface area contributed by atoms with Gasteiger partial charge in [0, 0.05) is 27.8 Å². The molecule has 3 aromatic rings. The standard InChI is InChI=1S/C25H22ClN3O3/c1-14-11-18(17(4)29(14)23-10-5-7-20(15(23)2)25(31)32)12-19(13-27)24(30)28-22-9-6-8-21(26)16(22)3/h5-12H,1-4H3,(H,28,30)(H,31,32)/b19-12-. The minimum atomic E-state index is -0.994. The van der Waals surface area contributed by atoms with E-state index in [1.54, 1.807) is 44.2 Å². The highest BCUT2D eigenvalue weighted by molar-refractivity contribution is 6.31. The second-order valence-electron chi connectivity index (χ2n) is 7.45. The monoisotopic (exact) mass is 447 g/mol. The van der Waals surface area contributed by atoms with Crippen molar-refractivity contribution in [3.8, 4) is 11.8 Å². The van der Waals surface area contributed by atoms with Gasteiger partial charge in [0.1, 0.15) is 11.6 Å². The van der Waals surface area contributed by atoms with Gasteiger partial charge in [0.2, 0.25) is 0 Å². The van der Waals surface area contributed by atoms with Crippen molar-refractivity contribution in [3.63, 3.8) is 0 Å². The number of carboxylic acids is 1. The van der Waals surface area contributed by atoms with Crippen LogP contribution in [0.3, 0.4) is 0 Å². The van der Waals surface area contributed by atoms with E-state index in [1.807, 2.05) is 36.6 Å². The van der Waals surface area contributed by atoms with Gasteiger partial charge in [-0.3, -0.25) is 4.79 Å². The van der Waals surface area contributed by atoms with Gasteiger partial charge in [0.15, 0.2) is 0 Å². The maximum absolute atomic E-state index is 12.7. The second-order valence-corrected chi connectivity index (χ2v) is 7.86. The molecule has 0 saturated carbocycles. The number of carbonyl (C=O) groups excluding carboxylic acids is 1. The molecule has 0 bridgehead atoms. The number of hydrogen-bond donors (Lipinski definition) is 2. The van der Waals surface area contributed by atoms with Crippen molar-refractivity contribution in [2.24, 2.45) is 0 Å². The summed E-state index contributed by atoms with van der Waals surface area (Å²) in [5.41, 5.74) is 5.11. The van der Waals surface area contributed by atoms with Crippen molar-refractivity contribution < 1.29 is 14.7 Å². The summed E-state index contributed by atoms with van der Waals surface area (Å²) in [7, 11) is 0. The van der Waals surface area contributed by atoms with Crippen LogP contribution in [-0.4, -0.2) is 21.6 Å². The summed E-state index contributed by atoms with van der Waals surface area (Å²) in [4.78, 5) is 24.3. The van der Waals surface area contributed by atoms with Crippen LogP contribution in [0.1, 0.15) is 38.4 Å². The Morgan fingerprint density at radius 2 is 1.78 bits per heavy atom. The van der Waals surface area contributed by atoms with Crippen molar-refractivity contribution in [2.75, 3.05) is 5.32 Å². The molecule has 1 aromatic heterocycles. The summed E-state index contributed by atoms with van der Waals surface area (Å²) in [6.07, 6.45) is 1.53. The van der Waals surface area contributed by atoms with Gasteiger partial charge in [-0.1, -0.05) is 23.7 Å². The lowest BCUT2D eigenvalue weighted by Crippen LogP contribution is -2.14. The fourth-order valence-corrected chi connectivity index (χ4v) is 3.81. The fourth-order valence-electron chi connectivity index (χ4n) is 3.64. The first-order valence-corrected chi connectivity index (χ1v) is 10.2. The van der Waals surface area contributed by atoms with Crippen LogP contribution in [0.2, 0.25) is 5.02 Å². The molecule has 0 aliphatic rings. The Bertz CT molecular complexity index is 1310. The molecule has 1 amide bonds. The minimum absolute atomic E-state index is 0.0550. The first-order chi connectivity index (χ1) is 15.1. The SMILES string of the molecule is Cc1c(Cl)cccc1NC(=O)/C(C#N)=C\c1cc(C)n(-c2cccc(C(=O)O)c2C)c1C. The second kappa shape index (κ2) is 9.13. The molecule has 0 fully saturated rings. The third-order valence-corrected chi connectivity index (χ3v) is 5.84. The van der Waals surface area contributed by atoms with Crippen LogP contribution < -0.4 is 5.32 Å². The lowest BCUT2D eigenvalue weighted by atomic mass is 10.1. The number of nitrogens with zero attached hydrogens (tertiary/aromatic N) is 2. The quantitative estimate of drug-likeness (QED) is 0.392. The van der Waals surface area contributed by atoms with Crippen LogP contribution in [0.25, 0.3) is 11.8 Å². The number of rotatable bonds is 5. The third kappa shape index (κ3) is 4.29. The summed E-state index contributed by atoms with van der Waals surface area (Å²) in [5.74, 6) is -1.53. The Balaban J connectivity index is 2.01. The Labute approximate surface area is 191 Å². The highest BCUT2D eigenvalue weighted by Crippen LogP contribution is 2.27. The molecular weight excluding hydrogens is 426 g/mol. The lowest BCUT2D eigenvalue weighted by Gasteiger charge is -2.14. The molecule has 0 saturated heterocycles. The summed E-state index contributed by atoms with van der Waals surface area (Å²) in [6, 6.07) is 14.1. The van der Waals surface area contributed by atoms with E-state index < -0.39 is 11.9 Å². The summed E-state index contributed by atoms with van der Waals surface area (Å²) < 4.78 is 1.92. The molecule has 3 rings (SSSR count). The number of carbonyl (C=O) groups is 2. The normalized spacial score (nSPS) is 11.2. The molecule has 0 radical (unpaired) electrons. The van der Waals surface area contributed by atoms with Crippen molar-refractivity contribution in [3.05, 3.63) is 86.7 Å². The molecule has 0 atom stereocenters. The van der Waals surface area contributed by atoms with Crippen LogP contribution in [0.4, 0.5) is 5.69 Å². The molecule has 1 heterocycles. The summed E-state index contributed by atoms with van der Waals surface area (Å²) in [5, 5.41) is 22.3. The Morgan fingerprint density at radius 1 is 1.09 bits per heavy atom. The highest BCUT2D eigenvalue weighted by Gasteiger charge is 2.17. The zero-order valence-corrected chi connectivity index (χ0v) is 18.9. The van der Waals surface area contributed by atoms with Gasteiger partial charge < -0.3 is 15.0 Å². The number of aromatic nitrogens is 1. The van der Waals surface area contributed by atoms with Crippen LogP contribution in [0, 0.1) is 39.0 Å². The van der Waals surface area contributed by atoms with E-state index in [9.17, 15) is 20.0 Å². The number of hydrogen-bond acceptors (Lipinski definition) is 3. The Hall–Kier alpha value is -3.82. The van der Waals surface area contributed by atoms with Crippen molar-refractivity contribution in [1.82, 2.24) is 4.57 Å². The van der Waals surface area contributed by atoms with Crippen LogP contribution in [0.15, 0.2) is 48.0 Å². The van der Waals surface area contributed by atoms with Gasteiger partial charge in [-0.2, -0.15) is 5.26 Å². The topological polar surface area (TPSA) is 95.1 Å². The van der Waals surface area contributed by atoms with Gasteiger partial charge in [-0.05, 0) is 80.8 Å². The van der Waals surface area contributed by atoms with E-state index in [2.05, 4.69) is 5.32 Å². The average Bonchev–Trinajstić information content (AvgIpc) is 3.02. The zero-order chi connectivity index (χ0) is 23.6. The molecule has 0 aliphatic heterocycles. The minimum Gasteiger partial charge on any atom is -0.478 e. The predicted molar refractivity (Wildman–Crippen MR) is 125 cm³/mol. The molecule has 162 valence electrons.